The van der Waals surface area contributed by atoms with Crippen LogP contribution in [0.1, 0.15) is 5.56 Å². The molecule has 0 spiro atoms. The molecule has 0 radical (unpaired) electrons. The molecule has 0 fully saturated rings. The average Bonchev–Trinajstić information content (AvgIpc) is 2.68. The number of H-pyrrole nitrogens is 1. The molecule has 2 rings (SSSR count). The first-order valence-electron chi connectivity index (χ1n) is 4.43. The molecule has 5 heteroatoms. The number of aromatic nitrogens is 2. The molecule has 1 N–H and O–H groups in total. The summed E-state index contributed by atoms with van der Waals surface area (Å²) < 4.78 is 0. The molecule has 15 heavy (non-hydrogen) atoms. The minimum Gasteiger partial charge on any atom is -0.390 e. The molecule has 1 aromatic carbocycles. The number of imidazole rings is 1. The summed E-state index contributed by atoms with van der Waals surface area (Å²) in [5.74, 6) is -0.231. The van der Waals surface area contributed by atoms with Gasteiger partial charge >= 0.3 is 5.95 Å². The first-order chi connectivity index (χ1) is 7.16. The van der Waals surface area contributed by atoms with Crippen molar-refractivity contribution in [3.05, 3.63) is 46.1 Å². The second kappa shape index (κ2) is 3.53. The van der Waals surface area contributed by atoms with Crippen LogP contribution >= 0.6 is 0 Å². The van der Waals surface area contributed by atoms with Crippen LogP contribution in [0.4, 0.5) is 5.95 Å². The van der Waals surface area contributed by atoms with E-state index in [0.29, 0.717) is 5.69 Å². The van der Waals surface area contributed by atoms with Crippen LogP contribution in [0.25, 0.3) is 11.3 Å². The van der Waals surface area contributed by atoms with Crippen LogP contribution in [0.15, 0.2) is 30.5 Å². The van der Waals surface area contributed by atoms with Gasteiger partial charge in [0.25, 0.3) is 0 Å². The van der Waals surface area contributed by atoms with Gasteiger partial charge in [-0.3, -0.25) is 0 Å². The smallest absolute Gasteiger partial charge is 0.390 e. The van der Waals surface area contributed by atoms with E-state index in [4.69, 9.17) is 0 Å². The van der Waals surface area contributed by atoms with Gasteiger partial charge in [0.2, 0.25) is 0 Å². The summed E-state index contributed by atoms with van der Waals surface area (Å²) in [5, 5.41) is 10.4. The van der Waals surface area contributed by atoms with Gasteiger partial charge < -0.3 is 10.1 Å². The molecule has 1 aromatic heterocycles. The Morgan fingerprint density at radius 3 is 2.53 bits per heavy atom. The third-order valence-corrected chi connectivity index (χ3v) is 2.10. The number of nitro groups is 1. The van der Waals surface area contributed by atoms with Gasteiger partial charge in [0.15, 0.2) is 0 Å². The van der Waals surface area contributed by atoms with Crippen molar-refractivity contribution in [3.63, 3.8) is 0 Å². The summed E-state index contributed by atoms with van der Waals surface area (Å²) in [7, 11) is 0. The molecule has 0 aliphatic heterocycles. The number of nitrogens with zero attached hydrogens (tertiary/aromatic N) is 2. The third kappa shape index (κ3) is 1.85. The summed E-state index contributed by atoms with van der Waals surface area (Å²) in [6.07, 6.45) is 1.46. The molecule has 0 saturated heterocycles. The number of rotatable bonds is 2. The Balaban J connectivity index is 2.37. The fraction of sp³-hybridized carbons (Fsp3) is 0.100. The quantitative estimate of drug-likeness (QED) is 0.601. The summed E-state index contributed by atoms with van der Waals surface area (Å²) in [5.41, 5.74) is 2.69. The molecule has 0 unspecified atom stereocenters. The van der Waals surface area contributed by atoms with Crippen molar-refractivity contribution in [1.82, 2.24) is 9.97 Å². The molecule has 0 aliphatic carbocycles. The summed E-state index contributed by atoms with van der Waals surface area (Å²) in [4.78, 5) is 16.2. The Hall–Kier alpha value is -2.17. The first kappa shape index (κ1) is 9.39. The average molecular weight is 203 g/mol. The number of benzene rings is 1. The van der Waals surface area contributed by atoms with Crippen LogP contribution in [-0.2, 0) is 0 Å². The lowest BCUT2D eigenvalue weighted by atomic mass is 10.1. The second-order valence-electron chi connectivity index (χ2n) is 3.24. The van der Waals surface area contributed by atoms with Crippen molar-refractivity contribution in [1.29, 1.82) is 0 Å². The standard InChI is InChI=1S/C10H9N3O2/c1-7-2-4-8(5-3-7)9-6-11-10(12-9)13(14)15/h2-6H,1H3,(H,11,12). The van der Waals surface area contributed by atoms with E-state index < -0.39 is 4.92 Å². The molecule has 0 amide bonds. The van der Waals surface area contributed by atoms with Gasteiger partial charge in [0.1, 0.15) is 11.9 Å². The van der Waals surface area contributed by atoms with E-state index >= 15 is 0 Å². The highest BCUT2D eigenvalue weighted by molar-refractivity contribution is 5.59. The molecule has 1 heterocycles. The highest BCUT2D eigenvalue weighted by Crippen LogP contribution is 2.19. The van der Waals surface area contributed by atoms with Gasteiger partial charge in [0, 0.05) is 5.56 Å². The number of aryl methyl sites for hydroxylation is 1. The van der Waals surface area contributed by atoms with Crippen molar-refractivity contribution in [2.75, 3.05) is 0 Å². The Morgan fingerprint density at radius 2 is 2.00 bits per heavy atom. The SMILES string of the molecule is Cc1ccc(-c2cnc([N+](=O)[O-])[nH]2)cc1. The lowest BCUT2D eigenvalue weighted by molar-refractivity contribution is -0.393. The summed E-state index contributed by atoms with van der Waals surface area (Å²) in [6.45, 7) is 1.99. The zero-order valence-corrected chi connectivity index (χ0v) is 8.10. The van der Waals surface area contributed by atoms with E-state index in [9.17, 15) is 10.1 Å². The van der Waals surface area contributed by atoms with Crippen molar-refractivity contribution in [2.24, 2.45) is 0 Å². The fourth-order valence-electron chi connectivity index (χ4n) is 1.28. The molecule has 0 aliphatic rings. The van der Waals surface area contributed by atoms with Crippen LogP contribution in [0.3, 0.4) is 0 Å². The van der Waals surface area contributed by atoms with Gasteiger partial charge in [-0.25, -0.2) is 4.98 Å². The van der Waals surface area contributed by atoms with Crippen LogP contribution in [-0.4, -0.2) is 14.9 Å². The van der Waals surface area contributed by atoms with Crippen LogP contribution in [0, 0.1) is 17.0 Å². The van der Waals surface area contributed by atoms with E-state index in [1.165, 1.54) is 6.20 Å². The Kier molecular flexibility index (Phi) is 2.21. The van der Waals surface area contributed by atoms with Gasteiger partial charge in [0.05, 0.1) is 0 Å². The Morgan fingerprint density at radius 1 is 1.33 bits per heavy atom. The highest BCUT2D eigenvalue weighted by Gasteiger charge is 2.11. The molecule has 0 bridgehead atoms. The predicted octanol–water partition coefficient (Wildman–Crippen LogP) is 2.29. The molecular weight excluding hydrogens is 194 g/mol. The lowest BCUT2D eigenvalue weighted by Crippen LogP contribution is -1.89. The van der Waals surface area contributed by atoms with Crippen molar-refractivity contribution in [3.8, 4) is 11.3 Å². The van der Waals surface area contributed by atoms with Crippen molar-refractivity contribution in [2.45, 2.75) is 6.92 Å². The molecule has 2 aromatic rings. The predicted molar refractivity (Wildman–Crippen MR) is 55.4 cm³/mol. The normalized spacial score (nSPS) is 10.2. The minimum absolute atomic E-state index is 0.231. The van der Waals surface area contributed by atoms with E-state index in [2.05, 4.69) is 9.97 Å². The Labute approximate surface area is 85.9 Å². The van der Waals surface area contributed by atoms with Gasteiger partial charge in [-0.15, -0.1) is 0 Å². The number of hydrogen-bond acceptors (Lipinski definition) is 3. The molecule has 5 nitrogen and oxygen atoms in total. The maximum absolute atomic E-state index is 10.4. The van der Waals surface area contributed by atoms with E-state index in [-0.39, 0.29) is 5.95 Å². The lowest BCUT2D eigenvalue weighted by Gasteiger charge is -1.95. The van der Waals surface area contributed by atoms with Crippen LogP contribution in [0.5, 0.6) is 0 Å². The maximum atomic E-state index is 10.4. The van der Waals surface area contributed by atoms with Crippen LogP contribution in [0.2, 0.25) is 0 Å². The van der Waals surface area contributed by atoms with E-state index in [1.54, 1.807) is 0 Å². The minimum atomic E-state index is -0.544. The van der Waals surface area contributed by atoms with Gasteiger partial charge in [-0.2, -0.15) is 0 Å². The molecule has 76 valence electrons. The maximum Gasteiger partial charge on any atom is 0.432 e. The topological polar surface area (TPSA) is 71.8 Å². The second-order valence-corrected chi connectivity index (χ2v) is 3.24. The number of nitrogens with one attached hydrogen (secondary N) is 1. The zero-order chi connectivity index (χ0) is 10.8. The van der Waals surface area contributed by atoms with E-state index in [1.807, 2.05) is 31.2 Å². The molecule has 0 saturated carbocycles. The number of aromatic amines is 1. The van der Waals surface area contributed by atoms with Gasteiger partial charge in [-0.05, 0) is 11.8 Å². The zero-order valence-electron chi connectivity index (χ0n) is 8.10. The largest absolute Gasteiger partial charge is 0.432 e. The molecule has 0 atom stereocenters. The fourth-order valence-corrected chi connectivity index (χ4v) is 1.28. The van der Waals surface area contributed by atoms with Crippen molar-refractivity contribution < 1.29 is 4.92 Å². The van der Waals surface area contributed by atoms with Gasteiger partial charge in [-0.1, -0.05) is 34.8 Å². The van der Waals surface area contributed by atoms with Crippen molar-refractivity contribution >= 4 is 5.95 Å². The number of hydrogen-bond donors (Lipinski definition) is 1. The molecular formula is C10H9N3O2. The van der Waals surface area contributed by atoms with Crippen LogP contribution < -0.4 is 0 Å². The summed E-state index contributed by atoms with van der Waals surface area (Å²) in [6, 6.07) is 7.68. The first-order valence-corrected chi connectivity index (χ1v) is 4.43. The monoisotopic (exact) mass is 203 g/mol. The third-order valence-electron chi connectivity index (χ3n) is 2.10. The Bertz CT molecular complexity index is 488. The van der Waals surface area contributed by atoms with E-state index in [0.717, 1.165) is 11.1 Å². The highest BCUT2D eigenvalue weighted by atomic mass is 16.6. The summed E-state index contributed by atoms with van der Waals surface area (Å²) >= 11 is 0.